The third kappa shape index (κ3) is 4.32. The molecule has 1 saturated heterocycles. The van der Waals surface area contributed by atoms with Crippen molar-refractivity contribution in [1.29, 1.82) is 0 Å². The van der Waals surface area contributed by atoms with Gasteiger partial charge >= 0.3 is 6.18 Å². The number of alkyl halides is 3. The van der Waals surface area contributed by atoms with Crippen molar-refractivity contribution in [3.8, 4) is 0 Å². The van der Waals surface area contributed by atoms with Gasteiger partial charge in [-0.2, -0.15) is 18.2 Å². The molecule has 1 N–H and O–H groups in total. The molecule has 2 aliphatic heterocycles. The fourth-order valence-electron chi connectivity index (χ4n) is 5.11. The Hall–Kier alpha value is -2.62. The molecule has 2 fully saturated rings. The molecule has 0 radical (unpaired) electrons. The van der Waals surface area contributed by atoms with E-state index in [2.05, 4.69) is 15.3 Å². The first kappa shape index (κ1) is 22.2. The van der Waals surface area contributed by atoms with Crippen molar-refractivity contribution in [3.05, 3.63) is 46.5 Å². The first-order valence-electron chi connectivity index (χ1n) is 11.3. The van der Waals surface area contributed by atoms with Crippen LogP contribution in [0.2, 0.25) is 0 Å². The lowest BCUT2D eigenvalue weighted by molar-refractivity contribution is -0.153. The van der Waals surface area contributed by atoms with Crippen LogP contribution < -0.4 is 15.8 Å². The molecule has 2 unspecified atom stereocenters. The molecule has 4 atom stereocenters. The Bertz CT molecular complexity index is 1080. The zero-order chi connectivity index (χ0) is 23.4. The van der Waals surface area contributed by atoms with Crippen LogP contribution in [0.5, 0.6) is 0 Å². The van der Waals surface area contributed by atoms with Gasteiger partial charge in [-0.05, 0) is 42.4 Å². The molecule has 33 heavy (non-hydrogen) atoms. The first-order valence-corrected chi connectivity index (χ1v) is 11.3. The largest absolute Gasteiger partial charge is 0.408 e. The Morgan fingerprint density at radius 1 is 1.27 bits per heavy atom. The molecule has 2 aromatic rings. The van der Waals surface area contributed by atoms with Crippen molar-refractivity contribution in [3.63, 3.8) is 0 Å². The van der Waals surface area contributed by atoms with Crippen molar-refractivity contribution >= 4 is 11.8 Å². The number of rotatable bonds is 6. The number of ether oxygens (including phenoxy) is 1. The summed E-state index contributed by atoms with van der Waals surface area (Å²) in [4.78, 5) is 22.6. The molecule has 3 aliphatic rings. The fraction of sp³-hybridized carbons (Fsp3) is 0.609. The van der Waals surface area contributed by atoms with Crippen LogP contribution in [0.3, 0.4) is 0 Å². The number of fused-ring (bicyclic) bond motifs is 2. The van der Waals surface area contributed by atoms with Crippen LogP contribution in [0.15, 0.2) is 35.4 Å². The van der Waals surface area contributed by atoms with E-state index in [9.17, 15) is 18.0 Å². The molecule has 0 amide bonds. The summed E-state index contributed by atoms with van der Waals surface area (Å²) in [5, 5.41) is 3.14. The van der Waals surface area contributed by atoms with E-state index in [1.54, 1.807) is 24.5 Å². The van der Waals surface area contributed by atoms with Crippen molar-refractivity contribution in [2.45, 2.75) is 57.0 Å². The fourth-order valence-corrected chi connectivity index (χ4v) is 5.11. The monoisotopic (exact) mass is 465 g/mol. The van der Waals surface area contributed by atoms with E-state index in [0.29, 0.717) is 18.4 Å². The number of anilines is 2. The minimum absolute atomic E-state index is 0. The van der Waals surface area contributed by atoms with Gasteiger partial charge in [0.25, 0.3) is 5.56 Å². The lowest BCUT2D eigenvalue weighted by Gasteiger charge is -2.43. The SMILES string of the molecule is CC(C)(CN1c2nc(NC[C@H]3OCC4CC43)cc(=O)n2CC[C@H]1C(F)(F)F)c1ccncc1.[HH]. The summed E-state index contributed by atoms with van der Waals surface area (Å²) in [7, 11) is 0. The molecule has 4 heterocycles. The maximum Gasteiger partial charge on any atom is 0.408 e. The highest BCUT2D eigenvalue weighted by Gasteiger charge is 2.50. The molecule has 2 aromatic heterocycles. The first-order chi connectivity index (χ1) is 15.6. The van der Waals surface area contributed by atoms with E-state index in [0.717, 1.165) is 18.6 Å². The minimum Gasteiger partial charge on any atom is -0.376 e. The van der Waals surface area contributed by atoms with E-state index in [-0.39, 0.29) is 44.4 Å². The summed E-state index contributed by atoms with van der Waals surface area (Å²) in [6, 6.07) is 3.25. The summed E-state index contributed by atoms with van der Waals surface area (Å²) >= 11 is 0. The molecule has 10 heteroatoms. The topological polar surface area (TPSA) is 72.3 Å². The summed E-state index contributed by atoms with van der Waals surface area (Å²) in [6.45, 7) is 5.04. The lowest BCUT2D eigenvalue weighted by atomic mass is 9.84. The quantitative estimate of drug-likeness (QED) is 0.705. The van der Waals surface area contributed by atoms with Gasteiger partial charge in [0.1, 0.15) is 11.9 Å². The molecule has 7 nitrogen and oxygen atoms in total. The summed E-state index contributed by atoms with van der Waals surface area (Å²) in [5.41, 5.74) is -0.120. The predicted octanol–water partition coefficient (Wildman–Crippen LogP) is 3.45. The molecule has 1 aliphatic carbocycles. The molecule has 1 saturated carbocycles. The summed E-state index contributed by atoms with van der Waals surface area (Å²) in [5.74, 6) is 1.49. The third-order valence-electron chi connectivity index (χ3n) is 7.12. The Kier molecular flexibility index (Phi) is 5.38. The highest BCUT2D eigenvalue weighted by atomic mass is 19.4. The molecular weight excluding hydrogens is 435 g/mol. The average molecular weight is 466 g/mol. The van der Waals surface area contributed by atoms with Crippen molar-refractivity contribution in [2.24, 2.45) is 11.8 Å². The second-order valence-corrected chi connectivity index (χ2v) is 9.94. The van der Waals surface area contributed by atoms with Gasteiger partial charge in [0.05, 0.1) is 12.7 Å². The van der Waals surface area contributed by atoms with Gasteiger partial charge in [0.15, 0.2) is 0 Å². The number of pyridine rings is 1. The van der Waals surface area contributed by atoms with Gasteiger partial charge < -0.3 is 15.0 Å². The Morgan fingerprint density at radius 3 is 2.67 bits per heavy atom. The average Bonchev–Trinajstić information content (AvgIpc) is 3.44. The molecule has 180 valence electrons. The van der Waals surface area contributed by atoms with Crippen LogP contribution >= 0.6 is 0 Å². The number of halogens is 3. The Morgan fingerprint density at radius 2 is 2.03 bits per heavy atom. The van der Waals surface area contributed by atoms with Gasteiger partial charge in [-0.15, -0.1) is 0 Å². The van der Waals surface area contributed by atoms with Gasteiger partial charge in [0, 0.05) is 44.9 Å². The van der Waals surface area contributed by atoms with Crippen LogP contribution in [-0.2, 0) is 16.7 Å². The van der Waals surface area contributed by atoms with Crippen molar-refractivity contribution in [2.75, 3.05) is 29.9 Å². The van der Waals surface area contributed by atoms with E-state index >= 15 is 0 Å². The smallest absolute Gasteiger partial charge is 0.376 e. The van der Waals surface area contributed by atoms with Crippen molar-refractivity contribution in [1.82, 2.24) is 14.5 Å². The summed E-state index contributed by atoms with van der Waals surface area (Å²) < 4.78 is 49.3. The van der Waals surface area contributed by atoms with Crippen LogP contribution in [0.25, 0.3) is 0 Å². The van der Waals surface area contributed by atoms with Gasteiger partial charge in [-0.3, -0.25) is 14.3 Å². The van der Waals surface area contributed by atoms with E-state index in [1.807, 2.05) is 13.8 Å². The zero-order valence-electron chi connectivity index (χ0n) is 18.7. The molecule has 0 bridgehead atoms. The second kappa shape index (κ2) is 8.00. The van der Waals surface area contributed by atoms with Crippen LogP contribution in [-0.4, -0.2) is 52.6 Å². The third-order valence-corrected chi connectivity index (χ3v) is 7.12. The Labute approximate surface area is 191 Å². The highest BCUT2D eigenvalue weighted by molar-refractivity contribution is 5.46. The van der Waals surface area contributed by atoms with Crippen LogP contribution in [0, 0.1) is 11.8 Å². The predicted molar refractivity (Wildman–Crippen MR) is 120 cm³/mol. The maximum absolute atomic E-state index is 14.1. The summed E-state index contributed by atoms with van der Waals surface area (Å²) in [6.07, 6.45) is -0.181. The van der Waals surface area contributed by atoms with Gasteiger partial charge in [-0.1, -0.05) is 13.8 Å². The second-order valence-electron chi connectivity index (χ2n) is 9.94. The molecule has 5 rings (SSSR count). The van der Waals surface area contributed by atoms with Crippen LogP contribution in [0.4, 0.5) is 24.9 Å². The number of aromatic nitrogens is 3. The van der Waals surface area contributed by atoms with Crippen molar-refractivity contribution < 1.29 is 19.3 Å². The lowest BCUT2D eigenvalue weighted by Crippen LogP contribution is -2.55. The molecule has 0 spiro atoms. The standard InChI is InChI=1S/C23H28F3N5O2.H2/c1-22(2,15-3-6-27-7-4-15)13-31-18(23(24,25)26)5-8-30-20(32)10-19(29-21(30)31)28-11-17-16-9-14(16)12-33-17;/h3-4,6-7,10,14,16-18,28H,5,8-9,11-13H2,1-2H3;1H/t14?,16?,17-,18+;/m1./s1. The maximum atomic E-state index is 14.1. The Balaban J connectivity index is 0.00000274. The highest BCUT2D eigenvalue weighted by Crippen LogP contribution is 2.48. The zero-order valence-corrected chi connectivity index (χ0v) is 18.7. The molecule has 0 aromatic carbocycles. The van der Waals surface area contributed by atoms with Gasteiger partial charge in [-0.25, -0.2) is 0 Å². The minimum atomic E-state index is -4.45. The van der Waals surface area contributed by atoms with E-state index in [4.69, 9.17) is 4.74 Å². The number of hydrogen-bond donors (Lipinski definition) is 1. The van der Waals surface area contributed by atoms with Gasteiger partial charge in [0.2, 0.25) is 5.95 Å². The normalized spacial score (nSPS) is 26.6. The number of hydrogen-bond acceptors (Lipinski definition) is 6. The van der Waals surface area contributed by atoms with Crippen LogP contribution in [0.1, 0.15) is 33.7 Å². The van der Waals surface area contributed by atoms with E-state index in [1.165, 1.54) is 15.5 Å². The number of nitrogens with zero attached hydrogens (tertiary/aromatic N) is 4. The number of nitrogens with one attached hydrogen (secondary N) is 1. The molecular formula is C23H30F3N5O2. The van der Waals surface area contributed by atoms with E-state index < -0.39 is 17.6 Å².